The van der Waals surface area contributed by atoms with Crippen LogP contribution in [0.2, 0.25) is 0 Å². The predicted octanol–water partition coefficient (Wildman–Crippen LogP) is 3.56. The Hall–Kier alpha value is -3.29. The van der Waals surface area contributed by atoms with Gasteiger partial charge in [-0.15, -0.1) is 13.2 Å². The van der Waals surface area contributed by atoms with E-state index in [9.17, 15) is 21.6 Å². The molecule has 13 heteroatoms. The minimum atomic E-state index is -4.91. The van der Waals surface area contributed by atoms with Crippen molar-refractivity contribution in [2.45, 2.75) is 16.2 Å². The van der Waals surface area contributed by atoms with Gasteiger partial charge in [-0.2, -0.15) is 0 Å². The van der Waals surface area contributed by atoms with Crippen molar-refractivity contribution in [3.8, 4) is 17.2 Å². The van der Waals surface area contributed by atoms with Gasteiger partial charge in [0.05, 0.1) is 30.3 Å². The number of methoxy groups -OCH3 is 2. The van der Waals surface area contributed by atoms with Crippen LogP contribution in [0.4, 0.5) is 18.9 Å². The maximum Gasteiger partial charge on any atom is 0.573 e. The number of nitrogens with one attached hydrogen (secondary N) is 1. The number of nitrogens with zero attached hydrogens (tertiary/aromatic N) is 3. The van der Waals surface area contributed by atoms with Crippen molar-refractivity contribution in [3.63, 3.8) is 0 Å². The Labute approximate surface area is 206 Å². The molecular formula is C23H25F3N4O5S. The van der Waals surface area contributed by atoms with Gasteiger partial charge in [-0.1, -0.05) is 0 Å². The number of hydrogen-bond donors (Lipinski definition) is 1. The van der Waals surface area contributed by atoms with Gasteiger partial charge in [0.15, 0.2) is 11.5 Å². The Kier molecular flexibility index (Phi) is 7.16. The summed E-state index contributed by atoms with van der Waals surface area (Å²) in [5, 5.41) is 1.98. The standard InChI is InChI=1S/C23H25F3N4O5S/c1-29-8-10-30(11-9-29)28-22-17-12-15(35-23(24,25)26)4-6-18(17)27-14-21(22)36(31,32)16-5-7-19(33-2)20(13-16)34-3/h4-7,12-14H,8-11H2,1-3H3,(H,27,28). The molecule has 2 heterocycles. The third kappa shape index (κ3) is 5.42. The number of hydrazine groups is 1. The molecule has 1 saturated heterocycles. The first-order valence-electron chi connectivity index (χ1n) is 10.9. The summed E-state index contributed by atoms with van der Waals surface area (Å²) in [6, 6.07) is 7.75. The summed E-state index contributed by atoms with van der Waals surface area (Å²) in [6.07, 6.45) is -3.72. The van der Waals surface area contributed by atoms with Crippen LogP contribution in [0.15, 0.2) is 52.4 Å². The van der Waals surface area contributed by atoms with Crippen LogP contribution < -0.4 is 19.6 Å². The molecule has 0 radical (unpaired) electrons. The molecule has 0 saturated carbocycles. The number of anilines is 1. The number of aromatic nitrogens is 1. The first-order valence-corrected chi connectivity index (χ1v) is 12.4. The summed E-state index contributed by atoms with van der Waals surface area (Å²) in [4.78, 5) is 6.03. The summed E-state index contributed by atoms with van der Waals surface area (Å²) in [5.41, 5.74) is 3.53. The quantitative estimate of drug-likeness (QED) is 0.496. The summed E-state index contributed by atoms with van der Waals surface area (Å²) in [5.74, 6) is 0.0680. The molecule has 2 aromatic carbocycles. The SMILES string of the molecule is COc1ccc(S(=O)(=O)c2cnc3ccc(OC(F)(F)F)cc3c2NN2CCN(C)CC2)cc1OC. The van der Waals surface area contributed by atoms with Crippen molar-refractivity contribution in [3.05, 3.63) is 42.6 Å². The highest BCUT2D eigenvalue weighted by Gasteiger charge is 2.32. The number of rotatable bonds is 7. The molecule has 1 aromatic heterocycles. The van der Waals surface area contributed by atoms with Crippen molar-refractivity contribution < 1.29 is 35.8 Å². The molecule has 3 aromatic rings. The summed E-state index contributed by atoms with van der Waals surface area (Å²) in [6.45, 7) is 2.57. The molecule has 0 aliphatic carbocycles. The normalized spacial score (nSPS) is 15.6. The topological polar surface area (TPSA) is 93.2 Å². The molecule has 1 fully saturated rings. The van der Waals surface area contributed by atoms with Gasteiger partial charge in [-0.3, -0.25) is 4.98 Å². The molecular weight excluding hydrogens is 501 g/mol. The Bertz CT molecular complexity index is 1360. The third-order valence-corrected chi connectivity index (χ3v) is 7.53. The number of sulfone groups is 1. The van der Waals surface area contributed by atoms with Crippen LogP contribution in [-0.4, -0.2) is 77.1 Å². The van der Waals surface area contributed by atoms with Gasteiger partial charge in [0.2, 0.25) is 9.84 Å². The number of alkyl halides is 3. The van der Waals surface area contributed by atoms with Crippen LogP contribution in [0.5, 0.6) is 17.2 Å². The second-order valence-corrected chi connectivity index (χ2v) is 10.1. The van der Waals surface area contributed by atoms with Crippen LogP contribution in [0.25, 0.3) is 10.9 Å². The number of piperazine rings is 1. The highest BCUT2D eigenvalue weighted by molar-refractivity contribution is 7.91. The Balaban J connectivity index is 1.87. The van der Waals surface area contributed by atoms with Crippen LogP contribution in [-0.2, 0) is 9.84 Å². The number of ether oxygens (including phenoxy) is 3. The van der Waals surface area contributed by atoms with Gasteiger partial charge in [0, 0.05) is 43.8 Å². The number of halogens is 3. The average molecular weight is 527 g/mol. The van der Waals surface area contributed by atoms with E-state index >= 15 is 0 Å². The molecule has 0 amide bonds. The van der Waals surface area contributed by atoms with Crippen LogP contribution in [0.1, 0.15) is 0 Å². The lowest BCUT2D eigenvalue weighted by atomic mass is 10.2. The molecule has 0 atom stereocenters. The smallest absolute Gasteiger partial charge is 0.493 e. The van der Waals surface area contributed by atoms with Crippen LogP contribution in [0.3, 0.4) is 0 Å². The van der Waals surface area contributed by atoms with Gasteiger partial charge in [0.25, 0.3) is 0 Å². The first-order chi connectivity index (χ1) is 17.0. The summed E-state index contributed by atoms with van der Waals surface area (Å²) in [7, 11) is 0.588. The highest BCUT2D eigenvalue weighted by Crippen LogP contribution is 2.38. The number of pyridine rings is 1. The zero-order valence-corrected chi connectivity index (χ0v) is 20.6. The minimum absolute atomic E-state index is 0.0922. The van der Waals surface area contributed by atoms with E-state index in [4.69, 9.17) is 9.47 Å². The van der Waals surface area contributed by atoms with E-state index in [1.54, 1.807) is 0 Å². The van der Waals surface area contributed by atoms with Crippen molar-refractivity contribution in [1.82, 2.24) is 14.9 Å². The predicted molar refractivity (Wildman–Crippen MR) is 126 cm³/mol. The van der Waals surface area contributed by atoms with E-state index in [2.05, 4.69) is 20.0 Å². The van der Waals surface area contributed by atoms with Gasteiger partial charge >= 0.3 is 6.36 Å². The third-order valence-electron chi connectivity index (χ3n) is 5.77. The van der Waals surface area contributed by atoms with Gasteiger partial charge in [-0.05, 0) is 37.4 Å². The highest BCUT2D eigenvalue weighted by atomic mass is 32.2. The second kappa shape index (κ2) is 9.99. The molecule has 1 N–H and O–H groups in total. The first kappa shape index (κ1) is 25.8. The number of likely N-dealkylation sites (N-methyl/N-ethyl adjacent to an activating group) is 1. The van der Waals surface area contributed by atoms with Crippen LogP contribution in [0, 0.1) is 0 Å². The van der Waals surface area contributed by atoms with E-state index in [1.807, 2.05) is 12.1 Å². The molecule has 36 heavy (non-hydrogen) atoms. The van der Waals surface area contributed by atoms with Crippen molar-refractivity contribution in [1.29, 1.82) is 0 Å². The summed E-state index contributed by atoms with van der Waals surface area (Å²) >= 11 is 0. The fourth-order valence-corrected chi connectivity index (χ4v) is 5.24. The number of fused-ring (bicyclic) bond motifs is 1. The van der Waals surface area contributed by atoms with E-state index in [-0.39, 0.29) is 26.6 Å². The molecule has 0 unspecified atom stereocenters. The van der Waals surface area contributed by atoms with Crippen molar-refractivity contribution in [2.24, 2.45) is 0 Å². The zero-order chi connectivity index (χ0) is 26.1. The monoisotopic (exact) mass is 526 g/mol. The molecule has 1 aliphatic heterocycles. The lowest BCUT2D eigenvalue weighted by Gasteiger charge is -2.33. The van der Waals surface area contributed by atoms with Crippen LogP contribution >= 0.6 is 0 Å². The molecule has 0 bridgehead atoms. The van der Waals surface area contributed by atoms with Gasteiger partial charge in [0.1, 0.15) is 10.6 Å². The fourth-order valence-electron chi connectivity index (χ4n) is 3.86. The average Bonchev–Trinajstić information content (AvgIpc) is 2.84. The maximum absolute atomic E-state index is 13.8. The van der Waals surface area contributed by atoms with Gasteiger partial charge in [-0.25, -0.2) is 13.4 Å². The maximum atomic E-state index is 13.8. The fraction of sp³-hybridized carbons (Fsp3) is 0.348. The Morgan fingerprint density at radius 2 is 1.67 bits per heavy atom. The number of benzene rings is 2. The molecule has 194 valence electrons. The lowest BCUT2D eigenvalue weighted by Crippen LogP contribution is -2.47. The Morgan fingerprint density at radius 3 is 2.31 bits per heavy atom. The Morgan fingerprint density at radius 1 is 0.972 bits per heavy atom. The largest absolute Gasteiger partial charge is 0.573 e. The molecule has 9 nitrogen and oxygen atoms in total. The zero-order valence-electron chi connectivity index (χ0n) is 19.8. The minimum Gasteiger partial charge on any atom is -0.493 e. The lowest BCUT2D eigenvalue weighted by molar-refractivity contribution is -0.274. The van der Waals surface area contributed by atoms with E-state index < -0.39 is 21.9 Å². The number of hydrogen-bond acceptors (Lipinski definition) is 9. The molecule has 0 spiro atoms. The van der Waals surface area contributed by atoms with Crippen molar-refractivity contribution in [2.75, 3.05) is 52.9 Å². The molecule has 4 rings (SSSR count). The molecule has 1 aliphatic rings. The van der Waals surface area contributed by atoms with E-state index in [1.165, 1.54) is 44.7 Å². The van der Waals surface area contributed by atoms with Gasteiger partial charge < -0.3 is 24.5 Å². The summed E-state index contributed by atoms with van der Waals surface area (Å²) < 4.78 is 80.7. The van der Waals surface area contributed by atoms with Crippen molar-refractivity contribution >= 4 is 26.4 Å². The van der Waals surface area contributed by atoms with E-state index in [0.29, 0.717) is 24.4 Å². The van der Waals surface area contributed by atoms with E-state index in [0.717, 1.165) is 25.2 Å². The second-order valence-electron chi connectivity index (χ2n) is 8.15.